The van der Waals surface area contributed by atoms with Crippen LogP contribution in [0, 0.1) is 0 Å². The third kappa shape index (κ3) is 3.56. The summed E-state index contributed by atoms with van der Waals surface area (Å²) in [4.78, 5) is 29.4. The van der Waals surface area contributed by atoms with Gasteiger partial charge in [-0.05, 0) is 24.1 Å². The van der Waals surface area contributed by atoms with E-state index in [1.807, 2.05) is 17.0 Å². The second kappa shape index (κ2) is 8.37. The predicted octanol–water partition coefficient (Wildman–Crippen LogP) is 2.85. The lowest BCUT2D eigenvalue weighted by molar-refractivity contribution is -0.125. The number of hydrogen-bond acceptors (Lipinski definition) is 4. The van der Waals surface area contributed by atoms with Crippen molar-refractivity contribution in [1.29, 1.82) is 0 Å². The minimum absolute atomic E-state index is 0.0377. The number of methoxy groups -OCH3 is 2. The minimum atomic E-state index is -0.549. The van der Waals surface area contributed by atoms with Gasteiger partial charge in [-0.15, -0.1) is 6.58 Å². The van der Waals surface area contributed by atoms with Gasteiger partial charge in [-0.25, -0.2) is 4.79 Å². The van der Waals surface area contributed by atoms with E-state index in [4.69, 9.17) is 9.47 Å². The molecular formula is C21H27N3O4. The Bertz CT molecular complexity index is 796. The largest absolute Gasteiger partial charge is 0.497 e. The van der Waals surface area contributed by atoms with E-state index in [9.17, 15) is 9.59 Å². The van der Waals surface area contributed by atoms with E-state index in [0.717, 1.165) is 24.1 Å². The van der Waals surface area contributed by atoms with E-state index in [1.54, 1.807) is 31.3 Å². The highest BCUT2D eigenvalue weighted by molar-refractivity contribution is 6.01. The summed E-state index contributed by atoms with van der Waals surface area (Å²) in [5, 5.41) is 2.97. The van der Waals surface area contributed by atoms with Gasteiger partial charge in [0.25, 0.3) is 5.91 Å². The number of hydrogen-bond donors (Lipinski definition) is 1. The third-order valence-corrected chi connectivity index (χ3v) is 5.10. The number of ether oxygens (including phenoxy) is 2. The molecule has 3 rings (SSSR count). The summed E-state index contributed by atoms with van der Waals surface area (Å²) < 4.78 is 10.7. The molecule has 1 aromatic rings. The van der Waals surface area contributed by atoms with Crippen LogP contribution in [0.15, 0.2) is 42.1 Å². The van der Waals surface area contributed by atoms with Gasteiger partial charge in [0.2, 0.25) is 0 Å². The second-order valence-electron chi connectivity index (χ2n) is 6.87. The molecule has 0 radical (unpaired) electrons. The Morgan fingerprint density at radius 3 is 2.46 bits per heavy atom. The van der Waals surface area contributed by atoms with Crippen LogP contribution in [0.5, 0.6) is 11.5 Å². The molecule has 2 aliphatic heterocycles. The molecule has 0 fully saturated rings. The quantitative estimate of drug-likeness (QED) is 0.699. The molecule has 7 heteroatoms. The molecule has 1 aromatic carbocycles. The molecule has 2 aliphatic rings. The standard InChI is InChI=1S/C21H27N3O4/c1-5-7-9-23-13-17-18(20(23)25)19(22-21(26)24(17)8-6-2)14-10-15(27-3)12-16(11-14)28-4/h6,10-12,19H,2,5,7-9,13H2,1,3-4H3,(H,22,26)/t19-/m0/s1. The molecule has 1 atom stereocenters. The van der Waals surface area contributed by atoms with Crippen LogP contribution in [0.2, 0.25) is 0 Å². The van der Waals surface area contributed by atoms with Crippen molar-refractivity contribution in [3.8, 4) is 11.5 Å². The zero-order valence-electron chi connectivity index (χ0n) is 16.7. The van der Waals surface area contributed by atoms with Crippen LogP contribution in [-0.2, 0) is 4.79 Å². The highest BCUT2D eigenvalue weighted by Gasteiger charge is 2.43. The van der Waals surface area contributed by atoms with Gasteiger partial charge in [-0.3, -0.25) is 9.69 Å². The topological polar surface area (TPSA) is 71.1 Å². The number of urea groups is 1. The van der Waals surface area contributed by atoms with E-state index < -0.39 is 6.04 Å². The van der Waals surface area contributed by atoms with E-state index >= 15 is 0 Å². The summed E-state index contributed by atoms with van der Waals surface area (Å²) in [5.41, 5.74) is 2.10. The van der Waals surface area contributed by atoms with E-state index in [0.29, 0.717) is 36.7 Å². The van der Waals surface area contributed by atoms with Crippen molar-refractivity contribution in [2.24, 2.45) is 0 Å². The summed E-state index contributed by atoms with van der Waals surface area (Å²) >= 11 is 0. The number of nitrogens with zero attached hydrogens (tertiary/aromatic N) is 2. The van der Waals surface area contributed by atoms with Crippen LogP contribution in [0.3, 0.4) is 0 Å². The van der Waals surface area contributed by atoms with Crippen molar-refractivity contribution < 1.29 is 19.1 Å². The summed E-state index contributed by atoms with van der Waals surface area (Å²) in [6.45, 7) is 7.29. The van der Waals surface area contributed by atoms with Crippen molar-refractivity contribution in [1.82, 2.24) is 15.1 Å². The first-order valence-corrected chi connectivity index (χ1v) is 9.48. The fourth-order valence-electron chi connectivity index (χ4n) is 3.65. The first-order valence-electron chi connectivity index (χ1n) is 9.48. The smallest absolute Gasteiger partial charge is 0.322 e. The summed E-state index contributed by atoms with van der Waals surface area (Å²) in [6.07, 6.45) is 3.59. The fraction of sp³-hybridized carbons (Fsp3) is 0.429. The highest BCUT2D eigenvalue weighted by atomic mass is 16.5. The molecule has 150 valence electrons. The van der Waals surface area contributed by atoms with Gasteiger partial charge in [0.05, 0.1) is 38.1 Å². The lowest BCUT2D eigenvalue weighted by atomic mass is 9.95. The number of carbonyl (C=O) groups is 2. The second-order valence-corrected chi connectivity index (χ2v) is 6.87. The average molecular weight is 385 g/mol. The molecule has 0 saturated heterocycles. The number of carbonyl (C=O) groups excluding carboxylic acids is 2. The molecule has 0 saturated carbocycles. The van der Waals surface area contributed by atoms with Crippen molar-refractivity contribution >= 4 is 11.9 Å². The van der Waals surface area contributed by atoms with Crippen LogP contribution in [0.1, 0.15) is 31.4 Å². The fourth-order valence-corrected chi connectivity index (χ4v) is 3.65. The Balaban J connectivity index is 2.05. The van der Waals surface area contributed by atoms with Crippen LogP contribution in [0.4, 0.5) is 4.79 Å². The maximum Gasteiger partial charge on any atom is 0.322 e. The lowest BCUT2D eigenvalue weighted by Gasteiger charge is -2.33. The molecule has 2 heterocycles. The number of benzene rings is 1. The Kier molecular flexibility index (Phi) is 5.92. The van der Waals surface area contributed by atoms with Gasteiger partial charge in [0.1, 0.15) is 11.5 Å². The predicted molar refractivity (Wildman–Crippen MR) is 106 cm³/mol. The molecule has 0 spiro atoms. The Morgan fingerprint density at radius 2 is 1.89 bits per heavy atom. The zero-order chi connectivity index (χ0) is 20.3. The van der Waals surface area contributed by atoms with Gasteiger partial charge in [-0.2, -0.15) is 0 Å². The molecule has 28 heavy (non-hydrogen) atoms. The highest BCUT2D eigenvalue weighted by Crippen LogP contribution is 2.38. The van der Waals surface area contributed by atoms with Crippen molar-refractivity contribution in [3.63, 3.8) is 0 Å². The van der Waals surface area contributed by atoms with Gasteiger partial charge in [0.15, 0.2) is 0 Å². The number of nitrogens with one attached hydrogen (secondary N) is 1. The normalized spacial score (nSPS) is 18.9. The Hall–Kier alpha value is -2.96. The molecular weight excluding hydrogens is 358 g/mol. The van der Waals surface area contributed by atoms with E-state index in [1.165, 1.54) is 0 Å². The summed E-state index contributed by atoms with van der Waals surface area (Å²) in [7, 11) is 3.14. The van der Waals surface area contributed by atoms with Gasteiger partial charge in [0, 0.05) is 19.2 Å². The van der Waals surface area contributed by atoms with Crippen molar-refractivity contribution in [2.75, 3.05) is 33.9 Å². The zero-order valence-corrected chi connectivity index (χ0v) is 16.7. The lowest BCUT2D eigenvalue weighted by Crippen LogP contribution is -2.47. The average Bonchev–Trinajstić information content (AvgIpc) is 3.04. The Labute approximate surface area is 165 Å². The van der Waals surface area contributed by atoms with Crippen LogP contribution in [-0.4, -0.2) is 55.6 Å². The van der Waals surface area contributed by atoms with Gasteiger partial charge in [-0.1, -0.05) is 19.4 Å². The van der Waals surface area contributed by atoms with E-state index in [-0.39, 0.29) is 11.9 Å². The third-order valence-electron chi connectivity index (χ3n) is 5.10. The summed E-state index contributed by atoms with van der Waals surface area (Å²) in [5.74, 6) is 1.17. The SMILES string of the molecule is C=CCN1C(=O)N[C@@H](c2cc(OC)cc(OC)c2)C2=C1CN(CCCC)C2=O. The maximum absolute atomic E-state index is 13.2. The van der Waals surface area contributed by atoms with Crippen LogP contribution >= 0.6 is 0 Å². The summed E-state index contributed by atoms with van der Waals surface area (Å²) in [6, 6.07) is 4.62. The van der Waals surface area contributed by atoms with Crippen LogP contribution < -0.4 is 14.8 Å². The molecule has 7 nitrogen and oxygen atoms in total. The monoisotopic (exact) mass is 385 g/mol. The molecule has 0 bridgehead atoms. The first-order chi connectivity index (χ1) is 13.5. The van der Waals surface area contributed by atoms with Gasteiger partial charge >= 0.3 is 6.03 Å². The minimum Gasteiger partial charge on any atom is -0.497 e. The molecule has 1 N–H and O–H groups in total. The maximum atomic E-state index is 13.2. The van der Waals surface area contributed by atoms with Crippen LogP contribution in [0.25, 0.3) is 0 Å². The molecule has 3 amide bonds. The number of unbranched alkanes of at least 4 members (excludes halogenated alkanes) is 1. The van der Waals surface area contributed by atoms with Gasteiger partial charge < -0.3 is 19.7 Å². The Morgan fingerprint density at radius 1 is 1.21 bits per heavy atom. The van der Waals surface area contributed by atoms with E-state index in [2.05, 4.69) is 18.8 Å². The van der Waals surface area contributed by atoms with Crippen molar-refractivity contribution in [3.05, 3.63) is 47.7 Å². The molecule has 0 unspecified atom stereocenters. The first kappa shape index (κ1) is 19.8. The number of amides is 3. The molecule has 0 aliphatic carbocycles. The number of rotatable bonds is 8. The molecule has 0 aromatic heterocycles. The van der Waals surface area contributed by atoms with Crippen molar-refractivity contribution in [2.45, 2.75) is 25.8 Å².